The third-order valence-electron chi connectivity index (χ3n) is 7.35. The lowest BCUT2D eigenvalue weighted by atomic mass is 9.77. The van der Waals surface area contributed by atoms with E-state index < -0.39 is 28.7 Å². The van der Waals surface area contributed by atoms with Gasteiger partial charge in [0.25, 0.3) is 11.8 Å². The highest BCUT2D eigenvalue weighted by molar-refractivity contribution is 5.99. The maximum Gasteiger partial charge on any atom is 0.274 e. The number of benzene rings is 1. The van der Waals surface area contributed by atoms with Crippen LogP contribution in [0.1, 0.15) is 58.5 Å². The second kappa shape index (κ2) is 8.28. The molecule has 1 saturated carbocycles. The topological polar surface area (TPSA) is 91.6 Å². The number of rotatable bonds is 3. The number of nitrogens with zero attached hydrogens (tertiary/aromatic N) is 2. The van der Waals surface area contributed by atoms with Crippen molar-refractivity contribution in [3.8, 4) is 5.75 Å². The Morgan fingerprint density at radius 3 is 2.79 bits per heavy atom. The molecule has 2 bridgehead atoms. The maximum atomic E-state index is 13.9. The van der Waals surface area contributed by atoms with E-state index in [1.807, 2.05) is 0 Å². The number of carbonyl (C=O) groups excluding carboxylic acids is 2. The van der Waals surface area contributed by atoms with Crippen LogP contribution in [0, 0.1) is 23.5 Å². The largest absolute Gasteiger partial charge is 0.503 e. The smallest absolute Gasteiger partial charge is 0.274 e. The summed E-state index contributed by atoms with van der Waals surface area (Å²) >= 11 is 0. The summed E-state index contributed by atoms with van der Waals surface area (Å²) in [5.74, 6) is -2.54. The molecule has 2 fully saturated rings. The van der Waals surface area contributed by atoms with Gasteiger partial charge in [0.15, 0.2) is 11.4 Å². The number of carbonyl (C=O) groups is 2. The fraction of sp³-hybridized carbons (Fsp3) is 0.458. The molecule has 3 aliphatic rings. The van der Waals surface area contributed by atoms with E-state index >= 15 is 0 Å². The van der Waals surface area contributed by atoms with Crippen LogP contribution < -0.4 is 10.7 Å². The molecule has 2 aliphatic heterocycles. The normalized spacial score (nSPS) is 24.0. The van der Waals surface area contributed by atoms with E-state index in [0.717, 1.165) is 31.7 Å². The molecular formula is C24H25F2N3O4. The lowest BCUT2D eigenvalue weighted by molar-refractivity contribution is 0.0500. The van der Waals surface area contributed by atoms with Crippen molar-refractivity contribution in [1.82, 2.24) is 14.8 Å². The van der Waals surface area contributed by atoms with Gasteiger partial charge in [0.2, 0.25) is 5.43 Å². The van der Waals surface area contributed by atoms with Crippen LogP contribution in [0.4, 0.5) is 8.78 Å². The number of amides is 2. The van der Waals surface area contributed by atoms with Crippen molar-refractivity contribution in [2.75, 3.05) is 6.54 Å². The number of hydrogen-bond acceptors (Lipinski definition) is 4. The van der Waals surface area contributed by atoms with Crippen LogP contribution in [0.15, 0.2) is 29.2 Å². The van der Waals surface area contributed by atoms with Gasteiger partial charge in [0.05, 0.1) is 6.04 Å². The Kier molecular flexibility index (Phi) is 5.42. The summed E-state index contributed by atoms with van der Waals surface area (Å²) in [4.78, 5) is 40.5. The third kappa shape index (κ3) is 3.79. The molecule has 1 aliphatic carbocycles. The number of nitrogens with one attached hydrogen (secondary N) is 1. The molecule has 2 amide bonds. The van der Waals surface area contributed by atoms with E-state index in [1.165, 1.54) is 23.3 Å². The maximum absolute atomic E-state index is 13.9. The summed E-state index contributed by atoms with van der Waals surface area (Å²) < 4.78 is 28.5. The first-order valence-electron chi connectivity index (χ1n) is 11.3. The van der Waals surface area contributed by atoms with E-state index in [2.05, 4.69) is 5.32 Å². The van der Waals surface area contributed by atoms with Gasteiger partial charge in [-0.05, 0) is 37.2 Å². The van der Waals surface area contributed by atoms with Crippen LogP contribution >= 0.6 is 0 Å². The molecular weight excluding hydrogens is 432 g/mol. The van der Waals surface area contributed by atoms with E-state index in [0.29, 0.717) is 31.0 Å². The summed E-state index contributed by atoms with van der Waals surface area (Å²) in [7, 11) is 0. The average Bonchev–Trinajstić information content (AvgIpc) is 2.91. The van der Waals surface area contributed by atoms with Gasteiger partial charge in [0.1, 0.15) is 17.2 Å². The minimum atomic E-state index is -0.946. The molecule has 1 saturated heterocycles. The molecule has 2 aromatic rings. The van der Waals surface area contributed by atoms with Crippen molar-refractivity contribution in [3.63, 3.8) is 0 Å². The highest BCUT2D eigenvalue weighted by atomic mass is 19.1. The molecule has 5 rings (SSSR count). The van der Waals surface area contributed by atoms with E-state index in [-0.39, 0.29) is 35.3 Å². The molecule has 3 heterocycles. The Balaban J connectivity index is 1.44. The van der Waals surface area contributed by atoms with Gasteiger partial charge in [-0.25, -0.2) is 8.78 Å². The average molecular weight is 457 g/mol. The second-order valence-corrected chi connectivity index (χ2v) is 9.29. The first-order valence-corrected chi connectivity index (χ1v) is 11.3. The van der Waals surface area contributed by atoms with Crippen molar-refractivity contribution < 1.29 is 23.5 Å². The number of halogens is 2. The Bertz CT molecular complexity index is 1190. The van der Waals surface area contributed by atoms with Crippen LogP contribution in [0.3, 0.4) is 0 Å². The molecule has 3 atom stereocenters. The van der Waals surface area contributed by atoms with Gasteiger partial charge in [-0.3, -0.25) is 14.4 Å². The van der Waals surface area contributed by atoms with Crippen LogP contribution in [-0.4, -0.2) is 39.0 Å². The number of pyridine rings is 1. The van der Waals surface area contributed by atoms with Crippen molar-refractivity contribution >= 4 is 11.8 Å². The quantitative estimate of drug-likeness (QED) is 0.742. The summed E-state index contributed by atoms with van der Waals surface area (Å²) in [5, 5.41) is 13.0. The molecule has 3 unspecified atom stereocenters. The van der Waals surface area contributed by atoms with Crippen molar-refractivity contribution in [3.05, 3.63) is 63.1 Å². The van der Waals surface area contributed by atoms with Gasteiger partial charge in [0, 0.05) is 37.5 Å². The van der Waals surface area contributed by atoms with Crippen LogP contribution in [0.5, 0.6) is 5.75 Å². The minimum Gasteiger partial charge on any atom is -0.503 e. The SMILES string of the molecule is O=C(NCc1ccc(F)cc1F)c1cn2c(c(O)c1=O)C(=O)N1CCC3CCCC(C3)C1C2. The zero-order chi connectivity index (χ0) is 23.3. The first kappa shape index (κ1) is 21.6. The molecule has 33 heavy (non-hydrogen) atoms. The molecule has 2 N–H and O–H groups in total. The summed E-state index contributed by atoms with van der Waals surface area (Å²) in [6, 6.07) is 2.95. The fourth-order valence-corrected chi connectivity index (χ4v) is 5.64. The van der Waals surface area contributed by atoms with Crippen LogP contribution in [-0.2, 0) is 13.1 Å². The van der Waals surface area contributed by atoms with Gasteiger partial charge in [-0.15, -0.1) is 0 Å². The molecule has 1 aromatic heterocycles. The van der Waals surface area contributed by atoms with Gasteiger partial charge in [-0.1, -0.05) is 18.9 Å². The zero-order valence-corrected chi connectivity index (χ0v) is 18.0. The van der Waals surface area contributed by atoms with Crippen LogP contribution in [0.25, 0.3) is 0 Å². The molecule has 1 aromatic carbocycles. The Hall–Kier alpha value is -3.23. The van der Waals surface area contributed by atoms with Crippen molar-refractivity contribution in [1.29, 1.82) is 0 Å². The highest BCUT2D eigenvalue weighted by Crippen LogP contribution is 2.40. The highest BCUT2D eigenvalue weighted by Gasteiger charge is 2.43. The van der Waals surface area contributed by atoms with Gasteiger partial charge < -0.3 is 19.9 Å². The van der Waals surface area contributed by atoms with Crippen LogP contribution in [0.2, 0.25) is 0 Å². The summed E-state index contributed by atoms with van der Waals surface area (Å²) in [6.45, 7) is 0.745. The Morgan fingerprint density at radius 1 is 1.18 bits per heavy atom. The van der Waals surface area contributed by atoms with Crippen molar-refractivity contribution in [2.45, 2.75) is 51.2 Å². The standard InChI is InChI=1S/C24H25F2N3O4/c25-16-5-4-15(18(26)9-16)10-27-23(32)17-11-28-12-19-14-3-1-2-13(8-14)6-7-29(19)24(33)20(28)22(31)21(17)30/h4-5,9,11,13-14,19,31H,1-3,6-8,10,12H2,(H,27,32). The number of aromatic nitrogens is 1. The lowest BCUT2D eigenvalue weighted by Crippen LogP contribution is -2.52. The summed E-state index contributed by atoms with van der Waals surface area (Å²) in [6.07, 6.45) is 6.62. The third-order valence-corrected chi connectivity index (χ3v) is 7.35. The fourth-order valence-electron chi connectivity index (χ4n) is 5.64. The van der Waals surface area contributed by atoms with E-state index in [9.17, 15) is 28.3 Å². The predicted molar refractivity (Wildman–Crippen MR) is 115 cm³/mol. The van der Waals surface area contributed by atoms with E-state index in [1.54, 1.807) is 4.90 Å². The Morgan fingerprint density at radius 2 is 2.00 bits per heavy atom. The van der Waals surface area contributed by atoms with Gasteiger partial charge >= 0.3 is 0 Å². The molecule has 7 nitrogen and oxygen atoms in total. The van der Waals surface area contributed by atoms with E-state index in [4.69, 9.17) is 0 Å². The lowest BCUT2D eigenvalue weighted by Gasteiger charge is -2.41. The number of aromatic hydroxyl groups is 1. The zero-order valence-electron chi connectivity index (χ0n) is 18.0. The van der Waals surface area contributed by atoms with Gasteiger partial charge in [-0.2, -0.15) is 0 Å². The monoisotopic (exact) mass is 457 g/mol. The molecule has 9 heteroatoms. The second-order valence-electron chi connectivity index (χ2n) is 9.29. The summed E-state index contributed by atoms with van der Waals surface area (Å²) in [5.41, 5.74) is -1.30. The first-order chi connectivity index (χ1) is 15.8. The molecule has 174 valence electrons. The Labute approximate surface area is 189 Å². The van der Waals surface area contributed by atoms with Crippen molar-refractivity contribution in [2.24, 2.45) is 11.8 Å². The number of hydrogen-bond donors (Lipinski definition) is 2. The molecule has 0 radical (unpaired) electrons. The number of fused-ring (bicyclic) bond motifs is 5. The molecule has 0 spiro atoms. The predicted octanol–water partition coefficient (Wildman–Crippen LogP) is 2.80. The minimum absolute atomic E-state index is 0.0403.